The van der Waals surface area contributed by atoms with Gasteiger partial charge in [0, 0.05) is 10.8 Å². The second-order valence-corrected chi connectivity index (χ2v) is 5.23. The largest absolute Gasteiger partial charge is 0.339 e. The number of aromatic nitrogens is 1. The third-order valence-corrected chi connectivity index (χ3v) is 4.17. The van der Waals surface area contributed by atoms with E-state index in [0.29, 0.717) is 0 Å². The van der Waals surface area contributed by atoms with Gasteiger partial charge >= 0.3 is 0 Å². The number of hydrogen-bond acceptors (Lipinski definition) is 1. The van der Waals surface area contributed by atoms with Crippen LogP contribution in [0.3, 0.4) is 0 Å². The Morgan fingerprint density at radius 1 is 0.833 bits per heavy atom. The van der Waals surface area contributed by atoms with Gasteiger partial charge in [0.2, 0.25) is 0 Å². The summed E-state index contributed by atoms with van der Waals surface area (Å²) < 4.78 is 1.83. The van der Waals surface area contributed by atoms with Crippen molar-refractivity contribution in [3.8, 4) is 0 Å². The van der Waals surface area contributed by atoms with E-state index in [0.717, 1.165) is 11.0 Å². The highest BCUT2D eigenvalue weighted by Gasteiger charge is 2.14. The summed E-state index contributed by atoms with van der Waals surface area (Å²) in [6.45, 7) is 0. The molecule has 2 heteroatoms. The highest BCUT2D eigenvalue weighted by molar-refractivity contribution is 6.08. The predicted octanol–water partition coefficient (Wildman–Crippen LogP) is 3.39. The zero-order chi connectivity index (χ0) is 12.1. The molecule has 2 N–H and O–H groups in total. The van der Waals surface area contributed by atoms with E-state index in [1.807, 2.05) is 10.7 Å². The highest BCUT2D eigenvalue weighted by atomic mass is 15.3. The summed E-state index contributed by atoms with van der Waals surface area (Å²) >= 11 is 0. The van der Waals surface area contributed by atoms with Crippen LogP contribution in [0, 0.1) is 0 Å². The first-order chi connectivity index (χ1) is 8.84. The number of rotatable bonds is 0. The highest BCUT2D eigenvalue weighted by Crippen LogP contribution is 2.32. The Balaban J connectivity index is 2.17. The molecular formula is C16H16N2. The van der Waals surface area contributed by atoms with Crippen LogP contribution in [0.2, 0.25) is 0 Å². The van der Waals surface area contributed by atoms with E-state index in [9.17, 15) is 0 Å². The van der Waals surface area contributed by atoms with Crippen LogP contribution in [0.15, 0.2) is 36.4 Å². The Hall–Kier alpha value is -1.96. The van der Waals surface area contributed by atoms with Gasteiger partial charge in [-0.25, -0.2) is 0 Å². The topological polar surface area (TPSA) is 30.9 Å². The van der Waals surface area contributed by atoms with Gasteiger partial charge in [0.1, 0.15) is 0 Å². The van der Waals surface area contributed by atoms with Gasteiger partial charge < -0.3 is 5.84 Å². The molecule has 0 atom stereocenters. The third-order valence-electron chi connectivity index (χ3n) is 4.17. The Morgan fingerprint density at radius 3 is 2.39 bits per heavy atom. The summed E-state index contributed by atoms with van der Waals surface area (Å²) in [5.74, 6) is 6.22. The van der Waals surface area contributed by atoms with E-state index in [1.54, 1.807) is 0 Å². The zero-order valence-corrected chi connectivity index (χ0v) is 10.3. The van der Waals surface area contributed by atoms with Crippen molar-refractivity contribution in [1.82, 2.24) is 4.68 Å². The van der Waals surface area contributed by atoms with Gasteiger partial charge in [-0.1, -0.05) is 18.2 Å². The quantitative estimate of drug-likeness (QED) is 0.596. The number of nitrogens with zero attached hydrogens (tertiary/aromatic N) is 1. The smallest absolute Gasteiger partial charge is 0.0706 e. The van der Waals surface area contributed by atoms with Crippen molar-refractivity contribution >= 4 is 21.8 Å². The molecule has 2 nitrogen and oxygen atoms in total. The van der Waals surface area contributed by atoms with Crippen LogP contribution in [-0.2, 0) is 12.8 Å². The molecule has 3 aromatic rings. The molecule has 0 amide bonds. The fraction of sp³-hybridized carbons (Fsp3) is 0.250. The first-order valence-electron chi connectivity index (χ1n) is 6.64. The molecule has 0 fully saturated rings. The molecule has 1 heterocycles. The number of nitrogen functional groups attached to an aromatic ring is 1. The van der Waals surface area contributed by atoms with Crippen molar-refractivity contribution in [2.75, 3.05) is 5.84 Å². The molecule has 18 heavy (non-hydrogen) atoms. The Kier molecular flexibility index (Phi) is 1.95. The molecule has 2 aromatic carbocycles. The lowest BCUT2D eigenvalue weighted by atomic mass is 9.90. The standard InChI is InChI=1S/C16H16N2/c17-18-15-8-4-3-7-13(15)14-9-11-5-1-2-6-12(11)10-16(14)18/h3-4,7-10H,1-2,5-6,17H2. The summed E-state index contributed by atoms with van der Waals surface area (Å²) in [6.07, 6.45) is 5.05. The minimum absolute atomic E-state index is 1.12. The van der Waals surface area contributed by atoms with Gasteiger partial charge in [0.05, 0.1) is 11.0 Å². The van der Waals surface area contributed by atoms with Gasteiger partial charge in [0.15, 0.2) is 0 Å². The van der Waals surface area contributed by atoms with Gasteiger partial charge in [0.25, 0.3) is 0 Å². The fourth-order valence-electron chi connectivity index (χ4n) is 3.23. The summed E-state index contributed by atoms with van der Waals surface area (Å²) in [4.78, 5) is 0. The molecule has 0 aliphatic heterocycles. The van der Waals surface area contributed by atoms with Crippen LogP contribution < -0.4 is 5.84 Å². The maximum Gasteiger partial charge on any atom is 0.0706 e. The number of nitrogens with two attached hydrogens (primary N) is 1. The van der Waals surface area contributed by atoms with Gasteiger partial charge in [-0.05, 0) is 55.0 Å². The first kappa shape index (κ1) is 10.0. The SMILES string of the molecule is Nn1c2ccccc2c2cc3c(cc21)CCCC3. The summed E-state index contributed by atoms with van der Waals surface area (Å²) in [7, 11) is 0. The number of para-hydroxylation sites is 1. The fourth-order valence-corrected chi connectivity index (χ4v) is 3.23. The third kappa shape index (κ3) is 1.23. The van der Waals surface area contributed by atoms with Crippen molar-refractivity contribution in [3.63, 3.8) is 0 Å². The molecule has 0 saturated carbocycles. The maximum atomic E-state index is 6.22. The number of benzene rings is 2. The van der Waals surface area contributed by atoms with Gasteiger partial charge in [-0.2, -0.15) is 0 Å². The molecular weight excluding hydrogens is 220 g/mol. The van der Waals surface area contributed by atoms with Crippen LogP contribution in [0.1, 0.15) is 24.0 Å². The van der Waals surface area contributed by atoms with E-state index < -0.39 is 0 Å². The zero-order valence-electron chi connectivity index (χ0n) is 10.3. The van der Waals surface area contributed by atoms with E-state index in [2.05, 4.69) is 30.3 Å². The van der Waals surface area contributed by atoms with E-state index in [-0.39, 0.29) is 0 Å². The van der Waals surface area contributed by atoms with Crippen LogP contribution in [0.5, 0.6) is 0 Å². The van der Waals surface area contributed by atoms with E-state index in [4.69, 9.17) is 5.84 Å². The van der Waals surface area contributed by atoms with Crippen LogP contribution in [0.4, 0.5) is 0 Å². The minimum atomic E-state index is 1.12. The molecule has 90 valence electrons. The average molecular weight is 236 g/mol. The summed E-state index contributed by atoms with van der Waals surface area (Å²) in [5.41, 5.74) is 5.29. The summed E-state index contributed by atoms with van der Waals surface area (Å²) in [5, 5.41) is 2.57. The van der Waals surface area contributed by atoms with Crippen LogP contribution in [-0.4, -0.2) is 4.68 Å². The Morgan fingerprint density at radius 2 is 1.56 bits per heavy atom. The Bertz CT molecular complexity index is 752. The minimum Gasteiger partial charge on any atom is -0.339 e. The van der Waals surface area contributed by atoms with E-state index >= 15 is 0 Å². The monoisotopic (exact) mass is 236 g/mol. The normalized spacial score (nSPS) is 15.1. The predicted molar refractivity (Wildman–Crippen MR) is 76.2 cm³/mol. The van der Waals surface area contributed by atoms with Gasteiger partial charge in [-0.15, -0.1) is 0 Å². The molecule has 4 rings (SSSR count). The molecule has 0 bridgehead atoms. The lowest BCUT2D eigenvalue weighted by Crippen LogP contribution is -2.08. The second kappa shape index (κ2) is 3.52. The van der Waals surface area contributed by atoms with Crippen molar-refractivity contribution in [1.29, 1.82) is 0 Å². The molecule has 0 unspecified atom stereocenters. The van der Waals surface area contributed by atoms with Crippen molar-refractivity contribution < 1.29 is 0 Å². The number of hydrogen-bond donors (Lipinski definition) is 1. The van der Waals surface area contributed by atoms with Crippen LogP contribution in [0.25, 0.3) is 21.8 Å². The second-order valence-electron chi connectivity index (χ2n) is 5.23. The average Bonchev–Trinajstić information content (AvgIpc) is 2.71. The first-order valence-corrected chi connectivity index (χ1v) is 6.64. The van der Waals surface area contributed by atoms with Crippen molar-refractivity contribution in [2.45, 2.75) is 25.7 Å². The molecule has 0 radical (unpaired) electrons. The molecule has 0 spiro atoms. The number of aryl methyl sites for hydroxylation is 2. The molecule has 1 aliphatic carbocycles. The van der Waals surface area contributed by atoms with Crippen molar-refractivity contribution in [2.24, 2.45) is 0 Å². The summed E-state index contributed by atoms with van der Waals surface area (Å²) in [6, 6.07) is 13.0. The molecule has 1 aliphatic rings. The number of fused-ring (bicyclic) bond motifs is 4. The lowest BCUT2D eigenvalue weighted by molar-refractivity contribution is 0.687. The molecule has 0 saturated heterocycles. The van der Waals surface area contributed by atoms with Gasteiger partial charge in [-0.3, -0.25) is 4.68 Å². The van der Waals surface area contributed by atoms with Crippen molar-refractivity contribution in [3.05, 3.63) is 47.5 Å². The Labute approximate surface area is 106 Å². The lowest BCUT2D eigenvalue weighted by Gasteiger charge is -2.15. The van der Waals surface area contributed by atoms with E-state index in [1.165, 1.54) is 47.6 Å². The molecule has 1 aromatic heterocycles. The van der Waals surface area contributed by atoms with Crippen LogP contribution >= 0.6 is 0 Å². The maximum absolute atomic E-state index is 6.22.